The Balaban J connectivity index is 1.77. The lowest BCUT2D eigenvalue weighted by Gasteiger charge is -2.41. The molecule has 1 aromatic heterocycles. The molecule has 2 heterocycles. The molecule has 1 aromatic rings. The first kappa shape index (κ1) is 9.64. The molecule has 0 radical (unpaired) electrons. The van der Waals surface area contributed by atoms with Gasteiger partial charge in [-0.25, -0.2) is 4.98 Å². The van der Waals surface area contributed by atoms with E-state index in [1.807, 2.05) is 17.5 Å². The number of hydrogen-bond donors (Lipinski definition) is 0. The Hall–Kier alpha value is -0.570. The minimum atomic E-state index is 0.946. The molecule has 2 unspecified atom stereocenters. The van der Waals surface area contributed by atoms with Crippen molar-refractivity contribution in [1.82, 2.24) is 4.98 Å². The molecule has 1 saturated carbocycles. The van der Waals surface area contributed by atoms with Gasteiger partial charge in [0.25, 0.3) is 0 Å². The van der Waals surface area contributed by atoms with E-state index in [4.69, 9.17) is 0 Å². The van der Waals surface area contributed by atoms with Gasteiger partial charge in [-0.05, 0) is 38.0 Å². The summed E-state index contributed by atoms with van der Waals surface area (Å²) in [5, 5.41) is 1.25. The Morgan fingerprint density at radius 2 is 2.07 bits per heavy atom. The van der Waals surface area contributed by atoms with Crippen LogP contribution in [0.5, 0.6) is 0 Å². The molecule has 1 saturated heterocycles. The van der Waals surface area contributed by atoms with Gasteiger partial charge in [-0.1, -0.05) is 6.42 Å². The van der Waals surface area contributed by atoms with Crippen molar-refractivity contribution in [1.29, 1.82) is 0 Å². The van der Waals surface area contributed by atoms with Crippen molar-refractivity contribution < 1.29 is 0 Å². The van der Waals surface area contributed by atoms with Gasteiger partial charge in [0.1, 0.15) is 0 Å². The Morgan fingerprint density at radius 3 is 2.67 bits per heavy atom. The van der Waals surface area contributed by atoms with Gasteiger partial charge < -0.3 is 4.90 Å². The molecule has 1 aliphatic carbocycles. The van der Waals surface area contributed by atoms with E-state index in [-0.39, 0.29) is 0 Å². The van der Waals surface area contributed by atoms with Crippen molar-refractivity contribution in [3.05, 3.63) is 11.1 Å². The molecule has 82 valence electrons. The van der Waals surface area contributed by atoms with Crippen molar-refractivity contribution in [3.8, 4) is 0 Å². The molecule has 3 rings (SSSR count). The summed E-state index contributed by atoms with van der Waals surface area (Å²) in [5.41, 5.74) is 0. The average Bonchev–Trinajstić information content (AvgIpc) is 2.64. The number of fused-ring (bicyclic) bond motifs is 2. The fraction of sp³-hybridized carbons (Fsp3) is 0.750. The van der Waals surface area contributed by atoms with Crippen LogP contribution in [0.15, 0.2) is 6.20 Å². The lowest BCUT2D eigenvalue weighted by Crippen LogP contribution is -2.42. The van der Waals surface area contributed by atoms with E-state index in [1.165, 1.54) is 48.8 Å². The molecule has 2 atom stereocenters. The highest BCUT2D eigenvalue weighted by atomic mass is 32.1. The third-order valence-electron chi connectivity index (χ3n) is 3.73. The largest absolute Gasteiger partial charge is 0.348 e. The molecule has 0 amide bonds. The minimum Gasteiger partial charge on any atom is -0.348 e. The van der Waals surface area contributed by atoms with Crippen molar-refractivity contribution in [2.75, 3.05) is 18.0 Å². The van der Waals surface area contributed by atoms with Gasteiger partial charge in [0.15, 0.2) is 5.13 Å². The number of nitrogens with zero attached hydrogens (tertiary/aromatic N) is 2. The molecule has 2 fully saturated rings. The summed E-state index contributed by atoms with van der Waals surface area (Å²) >= 11 is 1.85. The number of rotatable bonds is 1. The number of anilines is 1. The lowest BCUT2D eigenvalue weighted by atomic mass is 9.78. The summed E-state index contributed by atoms with van der Waals surface area (Å²) in [6, 6.07) is 0. The monoisotopic (exact) mass is 222 g/mol. The lowest BCUT2D eigenvalue weighted by molar-refractivity contribution is 0.231. The molecule has 2 aliphatic rings. The molecule has 1 aliphatic heterocycles. The van der Waals surface area contributed by atoms with E-state index in [9.17, 15) is 0 Å². The molecule has 0 aromatic carbocycles. The van der Waals surface area contributed by atoms with Crippen molar-refractivity contribution in [2.45, 2.75) is 32.6 Å². The molecule has 15 heavy (non-hydrogen) atoms. The predicted octanol–water partition coefficient (Wildman–Crippen LogP) is 3.08. The molecular formula is C12H18N2S. The molecular weight excluding hydrogens is 204 g/mol. The second-order valence-electron chi connectivity index (χ2n) is 5.06. The first-order valence-electron chi connectivity index (χ1n) is 5.98. The maximum Gasteiger partial charge on any atom is 0.185 e. The zero-order valence-electron chi connectivity index (χ0n) is 9.28. The van der Waals surface area contributed by atoms with Crippen molar-refractivity contribution in [3.63, 3.8) is 0 Å². The average molecular weight is 222 g/mol. The third-order valence-corrected chi connectivity index (χ3v) is 4.70. The van der Waals surface area contributed by atoms with Crippen LogP contribution >= 0.6 is 11.3 Å². The number of hydrogen-bond acceptors (Lipinski definition) is 3. The van der Waals surface area contributed by atoms with E-state index in [0.29, 0.717) is 0 Å². The standard InChI is InChI=1S/C12H18N2S/c1-9-6-13-12(15-9)14-7-10-3-2-4-11(5-10)8-14/h6,10-11H,2-5,7-8H2,1H3. The van der Waals surface area contributed by atoms with Crippen LogP contribution in [-0.4, -0.2) is 18.1 Å². The minimum absolute atomic E-state index is 0.946. The zero-order valence-corrected chi connectivity index (χ0v) is 10.1. The van der Waals surface area contributed by atoms with Crippen LogP contribution < -0.4 is 4.90 Å². The van der Waals surface area contributed by atoms with Gasteiger partial charge in [-0.15, -0.1) is 11.3 Å². The van der Waals surface area contributed by atoms with Crippen molar-refractivity contribution in [2.24, 2.45) is 11.8 Å². The quantitative estimate of drug-likeness (QED) is 0.726. The zero-order chi connectivity index (χ0) is 10.3. The molecule has 3 heteroatoms. The number of aromatic nitrogens is 1. The summed E-state index contributed by atoms with van der Waals surface area (Å²) in [6.45, 7) is 4.65. The highest BCUT2D eigenvalue weighted by molar-refractivity contribution is 7.15. The second-order valence-corrected chi connectivity index (χ2v) is 6.27. The third kappa shape index (κ3) is 1.89. The molecule has 0 N–H and O–H groups in total. The Morgan fingerprint density at radius 1 is 1.33 bits per heavy atom. The summed E-state index contributed by atoms with van der Waals surface area (Å²) < 4.78 is 0. The van der Waals surface area contributed by atoms with E-state index < -0.39 is 0 Å². The van der Waals surface area contributed by atoms with Crippen molar-refractivity contribution >= 4 is 16.5 Å². The summed E-state index contributed by atoms with van der Waals surface area (Å²) in [5.74, 6) is 1.89. The normalized spacial score (nSPS) is 30.6. The number of piperidine rings is 1. The van der Waals surface area contributed by atoms with E-state index in [2.05, 4.69) is 16.8 Å². The topological polar surface area (TPSA) is 16.1 Å². The van der Waals surface area contributed by atoms with Gasteiger partial charge in [0.2, 0.25) is 0 Å². The highest BCUT2D eigenvalue weighted by Gasteiger charge is 2.31. The van der Waals surface area contributed by atoms with Gasteiger partial charge in [-0.2, -0.15) is 0 Å². The van der Waals surface area contributed by atoms with Crippen LogP contribution in [-0.2, 0) is 0 Å². The van der Waals surface area contributed by atoms with E-state index in [0.717, 1.165) is 11.8 Å². The second kappa shape index (κ2) is 3.78. The van der Waals surface area contributed by atoms with Crippen LogP contribution in [0.4, 0.5) is 5.13 Å². The summed E-state index contributed by atoms with van der Waals surface area (Å²) in [6.07, 6.45) is 7.82. The Kier molecular flexibility index (Phi) is 2.43. The Bertz CT molecular complexity index is 335. The highest BCUT2D eigenvalue weighted by Crippen LogP contribution is 2.37. The number of aryl methyl sites for hydroxylation is 1. The van der Waals surface area contributed by atoms with Crippen LogP contribution in [0.2, 0.25) is 0 Å². The molecule has 2 bridgehead atoms. The van der Waals surface area contributed by atoms with Crippen LogP contribution in [0.3, 0.4) is 0 Å². The first-order valence-corrected chi connectivity index (χ1v) is 6.80. The van der Waals surface area contributed by atoms with E-state index >= 15 is 0 Å². The van der Waals surface area contributed by atoms with Crippen LogP contribution in [0, 0.1) is 18.8 Å². The maximum atomic E-state index is 4.51. The fourth-order valence-corrected chi connectivity index (χ4v) is 3.85. The number of thiazole rings is 1. The van der Waals surface area contributed by atoms with Crippen LogP contribution in [0.1, 0.15) is 30.6 Å². The van der Waals surface area contributed by atoms with Gasteiger partial charge in [0, 0.05) is 24.2 Å². The van der Waals surface area contributed by atoms with Gasteiger partial charge >= 0.3 is 0 Å². The summed E-state index contributed by atoms with van der Waals surface area (Å²) in [4.78, 5) is 8.37. The predicted molar refractivity (Wildman–Crippen MR) is 64.5 cm³/mol. The van der Waals surface area contributed by atoms with Crippen LogP contribution in [0.25, 0.3) is 0 Å². The molecule has 0 spiro atoms. The molecule has 2 nitrogen and oxygen atoms in total. The SMILES string of the molecule is Cc1cnc(N2CC3CCCC(C3)C2)s1. The first-order chi connectivity index (χ1) is 7.31. The smallest absolute Gasteiger partial charge is 0.185 e. The van der Waals surface area contributed by atoms with Gasteiger partial charge in [0.05, 0.1) is 0 Å². The fourth-order valence-electron chi connectivity index (χ4n) is 3.08. The Labute approximate surface area is 95.3 Å². The summed E-state index contributed by atoms with van der Waals surface area (Å²) in [7, 11) is 0. The van der Waals surface area contributed by atoms with Gasteiger partial charge in [-0.3, -0.25) is 0 Å². The maximum absolute atomic E-state index is 4.51. The van der Waals surface area contributed by atoms with E-state index in [1.54, 1.807) is 0 Å².